The first-order valence-electron chi connectivity index (χ1n) is 10.2. The molecule has 1 saturated heterocycles. The van der Waals surface area contributed by atoms with Crippen LogP contribution in [0.15, 0.2) is 0 Å². The van der Waals surface area contributed by atoms with Crippen molar-refractivity contribution >= 4 is 18.2 Å². The molecule has 2 rings (SSSR count). The summed E-state index contributed by atoms with van der Waals surface area (Å²) in [5.74, 6) is -0.295. The number of aliphatic hydroxyl groups excluding tert-OH is 1. The lowest BCUT2D eigenvalue weighted by molar-refractivity contribution is -0.192. The Bertz CT molecular complexity index is 530. The zero-order chi connectivity index (χ0) is 21.1. The SMILES string of the molecule is CC(C)OC[C@H]1O[C@@H](C)C[C@H]1SP(=O)([O-])OC[C@H]1C(O)[C@@H](C)C[C@H]1OC(C)C. The van der Waals surface area contributed by atoms with Gasteiger partial charge in [0.05, 0.1) is 49.8 Å². The topological polar surface area (TPSA) is 97.3 Å². The molecule has 7 nitrogen and oxygen atoms in total. The highest BCUT2D eigenvalue weighted by Crippen LogP contribution is 2.57. The van der Waals surface area contributed by atoms with Crippen LogP contribution in [-0.2, 0) is 23.3 Å². The molecule has 166 valence electrons. The Balaban J connectivity index is 1.92. The van der Waals surface area contributed by atoms with Gasteiger partial charge in [0.2, 0.25) is 0 Å². The highest BCUT2D eigenvalue weighted by molar-refractivity contribution is 8.54. The first-order valence-corrected chi connectivity index (χ1v) is 13.3. The van der Waals surface area contributed by atoms with Crippen molar-refractivity contribution in [3.63, 3.8) is 0 Å². The highest BCUT2D eigenvalue weighted by atomic mass is 32.7. The third kappa shape index (κ3) is 7.24. The monoisotopic (exact) mass is 439 g/mol. The van der Waals surface area contributed by atoms with Crippen molar-refractivity contribution in [1.82, 2.24) is 0 Å². The van der Waals surface area contributed by atoms with E-state index in [1.165, 1.54) is 0 Å². The lowest BCUT2D eigenvalue weighted by atomic mass is 10.0. The van der Waals surface area contributed by atoms with Crippen LogP contribution in [0.4, 0.5) is 0 Å². The summed E-state index contributed by atoms with van der Waals surface area (Å²) in [5.41, 5.74) is 0. The van der Waals surface area contributed by atoms with Crippen LogP contribution in [0.1, 0.15) is 54.4 Å². The van der Waals surface area contributed by atoms with E-state index in [9.17, 15) is 14.6 Å². The molecule has 2 fully saturated rings. The molecule has 2 unspecified atom stereocenters. The Morgan fingerprint density at radius 2 is 1.86 bits per heavy atom. The molecule has 1 N–H and O–H groups in total. The molecule has 28 heavy (non-hydrogen) atoms. The molecule has 1 saturated carbocycles. The molecule has 0 amide bonds. The van der Waals surface area contributed by atoms with Crippen molar-refractivity contribution in [2.24, 2.45) is 11.8 Å². The van der Waals surface area contributed by atoms with Crippen LogP contribution in [0.2, 0.25) is 0 Å². The van der Waals surface area contributed by atoms with Crippen LogP contribution in [0, 0.1) is 11.8 Å². The van der Waals surface area contributed by atoms with Gasteiger partial charge in [-0.05, 0) is 53.4 Å². The molecular formula is C19H36O7PS-. The van der Waals surface area contributed by atoms with Crippen LogP contribution in [-0.4, -0.2) is 60.2 Å². The maximum absolute atomic E-state index is 12.6. The predicted molar refractivity (Wildman–Crippen MR) is 108 cm³/mol. The summed E-state index contributed by atoms with van der Waals surface area (Å²) >= 11 is 0.824. The molecule has 0 aromatic carbocycles. The van der Waals surface area contributed by atoms with Crippen molar-refractivity contribution in [1.29, 1.82) is 0 Å². The molecule has 0 bridgehead atoms. The number of ether oxygens (including phenoxy) is 3. The second kappa shape index (κ2) is 10.6. The maximum Gasteiger partial charge on any atom is 0.192 e. The van der Waals surface area contributed by atoms with E-state index < -0.39 is 12.9 Å². The van der Waals surface area contributed by atoms with E-state index >= 15 is 0 Å². The average Bonchev–Trinajstić information content (AvgIpc) is 3.02. The molecule has 1 aliphatic heterocycles. The third-order valence-corrected chi connectivity index (χ3v) is 8.61. The van der Waals surface area contributed by atoms with Gasteiger partial charge in [-0.25, -0.2) is 0 Å². The quantitative estimate of drug-likeness (QED) is 0.519. The van der Waals surface area contributed by atoms with E-state index in [0.717, 1.165) is 11.4 Å². The van der Waals surface area contributed by atoms with Gasteiger partial charge in [-0.2, -0.15) is 0 Å². The van der Waals surface area contributed by atoms with Gasteiger partial charge in [0, 0.05) is 11.2 Å². The summed E-state index contributed by atoms with van der Waals surface area (Å²) in [7, 11) is 0. The van der Waals surface area contributed by atoms with Crippen molar-refractivity contribution in [3.8, 4) is 0 Å². The summed E-state index contributed by atoms with van der Waals surface area (Å²) in [6.45, 7) is 7.77. The standard InChI is InChI=1S/C19H37O7PS/c1-11(2)23-10-17-18(8-14(6)26-17)28-27(21,22)24-9-15-16(25-12(3)4)7-13(5)19(15)20/h11-20H,7-10H2,1-6H3,(H,21,22)/p-1/t13-,14-,15+,16+,17+,18+,19?/m0/s1. The second-order valence-electron chi connectivity index (χ2n) is 8.58. The van der Waals surface area contributed by atoms with Crippen molar-refractivity contribution in [2.75, 3.05) is 13.2 Å². The first kappa shape index (κ1) is 24.6. The smallest absolute Gasteiger partial charge is 0.192 e. The molecule has 0 aromatic heterocycles. The zero-order valence-electron chi connectivity index (χ0n) is 17.8. The summed E-state index contributed by atoms with van der Waals surface area (Å²) < 4.78 is 35.3. The molecule has 8 atom stereocenters. The van der Waals surface area contributed by atoms with Crippen LogP contribution >= 0.6 is 18.2 Å². The minimum absolute atomic E-state index is 0.0114. The van der Waals surface area contributed by atoms with Gasteiger partial charge in [-0.1, -0.05) is 18.3 Å². The Labute approximate surface area is 173 Å². The minimum Gasteiger partial charge on any atom is -0.770 e. The molecule has 0 radical (unpaired) electrons. The number of rotatable bonds is 10. The van der Waals surface area contributed by atoms with E-state index in [1.54, 1.807) is 0 Å². The van der Waals surface area contributed by atoms with Crippen LogP contribution < -0.4 is 4.89 Å². The fourth-order valence-corrected chi connectivity index (χ4v) is 7.28. The Morgan fingerprint density at radius 3 is 2.46 bits per heavy atom. The Hall–Kier alpha value is 0.340. The van der Waals surface area contributed by atoms with Crippen molar-refractivity contribution < 1.29 is 33.3 Å². The second-order valence-corrected chi connectivity index (χ2v) is 12.5. The predicted octanol–water partition coefficient (Wildman–Crippen LogP) is 2.99. The lowest BCUT2D eigenvalue weighted by Crippen LogP contribution is -2.32. The molecule has 0 spiro atoms. The fraction of sp³-hybridized carbons (Fsp3) is 1.00. The summed E-state index contributed by atoms with van der Waals surface area (Å²) in [6, 6.07) is 0. The van der Waals surface area contributed by atoms with E-state index in [2.05, 4.69) is 0 Å². The summed E-state index contributed by atoms with van der Waals surface area (Å²) in [4.78, 5) is 12.6. The van der Waals surface area contributed by atoms with Gasteiger partial charge in [0.25, 0.3) is 0 Å². The molecular weight excluding hydrogens is 403 g/mol. The first-order chi connectivity index (χ1) is 13.0. The number of hydrogen-bond donors (Lipinski definition) is 1. The van der Waals surface area contributed by atoms with E-state index in [0.29, 0.717) is 19.4 Å². The number of aliphatic hydroxyl groups is 1. The Kier molecular flexibility index (Phi) is 9.30. The van der Waals surface area contributed by atoms with Gasteiger partial charge < -0.3 is 28.7 Å². The van der Waals surface area contributed by atoms with E-state index in [-0.39, 0.29) is 54.2 Å². The molecule has 1 heterocycles. The molecule has 0 aromatic rings. The highest BCUT2D eigenvalue weighted by Gasteiger charge is 2.42. The lowest BCUT2D eigenvalue weighted by Gasteiger charge is -2.31. The van der Waals surface area contributed by atoms with E-state index in [1.807, 2.05) is 41.5 Å². The van der Waals surface area contributed by atoms with Gasteiger partial charge in [0.15, 0.2) is 6.80 Å². The minimum atomic E-state index is -4.15. The normalized spacial score (nSPS) is 38.4. The Morgan fingerprint density at radius 1 is 1.18 bits per heavy atom. The fourth-order valence-electron chi connectivity index (χ4n) is 3.87. The van der Waals surface area contributed by atoms with Gasteiger partial charge in [-0.15, -0.1) is 0 Å². The summed E-state index contributed by atoms with van der Waals surface area (Å²) in [5, 5.41) is 10.2. The van der Waals surface area contributed by atoms with E-state index in [4.69, 9.17) is 18.7 Å². The van der Waals surface area contributed by atoms with Crippen molar-refractivity contribution in [3.05, 3.63) is 0 Å². The van der Waals surface area contributed by atoms with Crippen LogP contribution in [0.3, 0.4) is 0 Å². The number of hydrogen-bond acceptors (Lipinski definition) is 8. The third-order valence-electron chi connectivity index (χ3n) is 5.22. The average molecular weight is 440 g/mol. The van der Waals surface area contributed by atoms with Gasteiger partial charge in [-0.3, -0.25) is 4.57 Å². The molecule has 1 aliphatic carbocycles. The zero-order valence-corrected chi connectivity index (χ0v) is 19.5. The largest absolute Gasteiger partial charge is 0.770 e. The maximum atomic E-state index is 12.6. The van der Waals surface area contributed by atoms with Crippen molar-refractivity contribution in [2.45, 2.75) is 96.3 Å². The van der Waals surface area contributed by atoms with Gasteiger partial charge in [0.1, 0.15) is 0 Å². The van der Waals surface area contributed by atoms with Crippen LogP contribution in [0.25, 0.3) is 0 Å². The molecule has 9 heteroatoms. The molecule has 2 aliphatic rings. The summed E-state index contributed by atoms with van der Waals surface area (Å²) in [6.07, 6.45) is 0.289. The van der Waals surface area contributed by atoms with Gasteiger partial charge >= 0.3 is 0 Å². The van der Waals surface area contributed by atoms with Crippen LogP contribution in [0.5, 0.6) is 0 Å².